The predicted octanol–water partition coefficient (Wildman–Crippen LogP) is 3.58. The van der Waals surface area contributed by atoms with Crippen LogP contribution in [0.3, 0.4) is 0 Å². The molecule has 2 aromatic rings. The predicted molar refractivity (Wildman–Crippen MR) is 83.5 cm³/mol. The lowest BCUT2D eigenvalue weighted by Crippen LogP contribution is -2.13. The summed E-state index contributed by atoms with van der Waals surface area (Å²) in [4.78, 5) is 12.2. The normalized spacial score (nSPS) is 10.0. The van der Waals surface area contributed by atoms with Crippen LogP contribution in [0.4, 0.5) is 5.69 Å². The second kappa shape index (κ2) is 6.59. The summed E-state index contributed by atoms with van der Waals surface area (Å²) in [5.41, 5.74) is 7.48. The highest BCUT2D eigenvalue weighted by Gasteiger charge is 2.14. The summed E-state index contributed by atoms with van der Waals surface area (Å²) in [6.45, 7) is 0.433. The maximum atomic E-state index is 12.2. The van der Waals surface area contributed by atoms with Crippen molar-refractivity contribution in [2.75, 3.05) is 5.32 Å². The Bertz CT molecular complexity index is 721. The molecule has 0 saturated carbocycles. The molecule has 106 valence electrons. The minimum Gasteiger partial charge on any atom is -0.326 e. The topological polar surface area (TPSA) is 78.9 Å². The van der Waals surface area contributed by atoms with Crippen molar-refractivity contribution in [3.63, 3.8) is 0 Å². The standard InChI is InChI=1S/C15H11Cl2N3O/c16-13-6-14(17)12(5-10(13)8-19)15(21)20-11-3-1-9(7-18)2-4-11/h1-6H,7,18H2,(H,20,21). The van der Waals surface area contributed by atoms with Crippen LogP contribution in [0.1, 0.15) is 21.5 Å². The van der Waals surface area contributed by atoms with E-state index in [0.29, 0.717) is 12.2 Å². The van der Waals surface area contributed by atoms with Crippen molar-refractivity contribution in [2.45, 2.75) is 6.54 Å². The van der Waals surface area contributed by atoms with Gasteiger partial charge < -0.3 is 11.1 Å². The van der Waals surface area contributed by atoms with Crippen LogP contribution < -0.4 is 11.1 Å². The largest absolute Gasteiger partial charge is 0.326 e. The summed E-state index contributed by atoms with van der Waals surface area (Å²) >= 11 is 11.8. The summed E-state index contributed by atoms with van der Waals surface area (Å²) in [6, 6.07) is 11.8. The summed E-state index contributed by atoms with van der Waals surface area (Å²) < 4.78 is 0. The van der Waals surface area contributed by atoms with Gasteiger partial charge in [-0.25, -0.2) is 0 Å². The molecule has 0 aliphatic carbocycles. The van der Waals surface area contributed by atoms with Gasteiger partial charge in [0.1, 0.15) is 6.07 Å². The summed E-state index contributed by atoms with van der Waals surface area (Å²) in [5.74, 6) is -0.409. The summed E-state index contributed by atoms with van der Waals surface area (Å²) in [6.07, 6.45) is 0. The monoisotopic (exact) mass is 319 g/mol. The van der Waals surface area contributed by atoms with Crippen LogP contribution in [0.15, 0.2) is 36.4 Å². The number of nitrogens with zero attached hydrogens (tertiary/aromatic N) is 1. The van der Waals surface area contributed by atoms with Gasteiger partial charge in [-0.2, -0.15) is 5.26 Å². The number of rotatable bonds is 3. The van der Waals surface area contributed by atoms with Crippen LogP contribution >= 0.6 is 23.2 Å². The van der Waals surface area contributed by atoms with Gasteiger partial charge in [-0.15, -0.1) is 0 Å². The van der Waals surface area contributed by atoms with Gasteiger partial charge >= 0.3 is 0 Å². The van der Waals surface area contributed by atoms with E-state index >= 15 is 0 Å². The van der Waals surface area contributed by atoms with Gasteiger partial charge in [0.05, 0.1) is 21.2 Å². The molecule has 0 aromatic heterocycles. The van der Waals surface area contributed by atoms with E-state index in [-0.39, 0.29) is 21.2 Å². The minimum absolute atomic E-state index is 0.190. The van der Waals surface area contributed by atoms with Gasteiger partial charge in [-0.05, 0) is 29.8 Å². The Labute approximate surface area is 132 Å². The van der Waals surface area contributed by atoms with Gasteiger partial charge in [-0.1, -0.05) is 35.3 Å². The van der Waals surface area contributed by atoms with Gasteiger partial charge in [0, 0.05) is 12.2 Å². The van der Waals surface area contributed by atoms with Crippen LogP contribution in [0.5, 0.6) is 0 Å². The second-order valence-corrected chi connectivity index (χ2v) is 5.09. The maximum Gasteiger partial charge on any atom is 0.257 e. The molecule has 21 heavy (non-hydrogen) atoms. The van der Waals surface area contributed by atoms with Crippen molar-refractivity contribution in [2.24, 2.45) is 5.73 Å². The number of amides is 1. The van der Waals surface area contributed by atoms with Crippen LogP contribution in [-0.2, 0) is 6.54 Å². The van der Waals surface area contributed by atoms with Crippen molar-refractivity contribution in [3.8, 4) is 6.07 Å². The lowest BCUT2D eigenvalue weighted by molar-refractivity contribution is 0.102. The molecule has 0 aliphatic rings. The van der Waals surface area contributed by atoms with E-state index in [1.54, 1.807) is 12.1 Å². The highest BCUT2D eigenvalue weighted by atomic mass is 35.5. The lowest BCUT2D eigenvalue weighted by atomic mass is 10.1. The molecule has 0 bridgehead atoms. The third-order valence-electron chi connectivity index (χ3n) is 2.87. The number of carbonyl (C=O) groups excluding carboxylic acids is 1. The van der Waals surface area contributed by atoms with Crippen LogP contribution in [-0.4, -0.2) is 5.91 Å². The van der Waals surface area contributed by atoms with Crippen molar-refractivity contribution < 1.29 is 4.79 Å². The Hall–Kier alpha value is -2.06. The quantitative estimate of drug-likeness (QED) is 0.907. The van der Waals surface area contributed by atoms with E-state index in [1.165, 1.54) is 12.1 Å². The van der Waals surface area contributed by atoms with Crippen molar-refractivity contribution >= 4 is 34.8 Å². The number of anilines is 1. The van der Waals surface area contributed by atoms with E-state index in [2.05, 4.69) is 5.32 Å². The average Bonchev–Trinajstić information content (AvgIpc) is 2.48. The molecule has 1 amide bonds. The maximum absolute atomic E-state index is 12.2. The molecule has 4 nitrogen and oxygen atoms in total. The molecule has 0 atom stereocenters. The molecule has 0 aliphatic heterocycles. The molecule has 3 N–H and O–H groups in total. The molecular weight excluding hydrogens is 309 g/mol. The zero-order chi connectivity index (χ0) is 15.4. The number of hydrogen-bond donors (Lipinski definition) is 2. The van der Waals surface area contributed by atoms with E-state index in [4.69, 9.17) is 34.2 Å². The molecule has 0 spiro atoms. The van der Waals surface area contributed by atoms with E-state index < -0.39 is 5.91 Å². The Morgan fingerprint density at radius 1 is 1.19 bits per heavy atom. The molecule has 0 fully saturated rings. The molecule has 0 unspecified atom stereocenters. The molecule has 0 radical (unpaired) electrons. The number of nitrogens with one attached hydrogen (secondary N) is 1. The van der Waals surface area contributed by atoms with E-state index in [9.17, 15) is 4.79 Å². The van der Waals surface area contributed by atoms with Crippen molar-refractivity contribution in [1.82, 2.24) is 0 Å². The number of carbonyl (C=O) groups is 1. The number of hydrogen-bond acceptors (Lipinski definition) is 3. The Morgan fingerprint density at radius 2 is 1.86 bits per heavy atom. The fourth-order valence-corrected chi connectivity index (χ4v) is 2.24. The van der Waals surface area contributed by atoms with Gasteiger partial charge in [0.2, 0.25) is 0 Å². The smallest absolute Gasteiger partial charge is 0.257 e. The van der Waals surface area contributed by atoms with Crippen LogP contribution in [0.2, 0.25) is 10.0 Å². The molecule has 2 rings (SSSR count). The fraction of sp³-hybridized carbons (Fsp3) is 0.0667. The highest BCUT2D eigenvalue weighted by molar-refractivity contribution is 6.37. The van der Waals surface area contributed by atoms with Gasteiger partial charge in [-0.3, -0.25) is 4.79 Å². The molecule has 2 aromatic carbocycles. The first-order chi connectivity index (χ1) is 10.0. The Balaban J connectivity index is 2.26. The first kappa shape index (κ1) is 15.3. The molecule has 0 saturated heterocycles. The summed E-state index contributed by atoms with van der Waals surface area (Å²) in [7, 11) is 0. The number of nitrogens with two attached hydrogens (primary N) is 1. The lowest BCUT2D eigenvalue weighted by Gasteiger charge is -2.08. The molecule has 0 heterocycles. The van der Waals surface area contributed by atoms with Gasteiger partial charge in [0.25, 0.3) is 5.91 Å². The van der Waals surface area contributed by atoms with Crippen molar-refractivity contribution in [3.05, 3.63) is 63.1 Å². The third-order valence-corrected chi connectivity index (χ3v) is 3.49. The van der Waals surface area contributed by atoms with E-state index in [1.807, 2.05) is 18.2 Å². The van der Waals surface area contributed by atoms with Crippen LogP contribution in [0.25, 0.3) is 0 Å². The SMILES string of the molecule is N#Cc1cc(C(=O)Nc2ccc(CN)cc2)c(Cl)cc1Cl. The van der Waals surface area contributed by atoms with Gasteiger partial charge in [0.15, 0.2) is 0 Å². The number of halogens is 2. The number of nitriles is 1. The summed E-state index contributed by atoms with van der Waals surface area (Å²) in [5, 5.41) is 12.1. The Morgan fingerprint density at radius 3 is 2.43 bits per heavy atom. The molecule has 6 heteroatoms. The van der Waals surface area contributed by atoms with Crippen molar-refractivity contribution in [1.29, 1.82) is 5.26 Å². The second-order valence-electron chi connectivity index (χ2n) is 4.28. The van der Waals surface area contributed by atoms with E-state index in [0.717, 1.165) is 5.56 Å². The zero-order valence-electron chi connectivity index (χ0n) is 10.9. The Kier molecular flexibility index (Phi) is 4.81. The number of benzene rings is 2. The third kappa shape index (κ3) is 3.53. The first-order valence-corrected chi connectivity index (χ1v) is 6.80. The fourth-order valence-electron chi connectivity index (χ4n) is 1.73. The first-order valence-electron chi connectivity index (χ1n) is 6.04. The molecular formula is C15H11Cl2N3O. The highest BCUT2D eigenvalue weighted by Crippen LogP contribution is 2.25. The minimum atomic E-state index is -0.409. The average molecular weight is 320 g/mol. The zero-order valence-corrected chi connectivity index (χ0v) is 12.4. The van der Waals surface area contributed by atoms with Crippen LogP contribution in [0, 0.1) is 11.3 Å².